The Morgan fingerprint density at radius 2 is 2.06 bits per heavy atom. The molecule has 92 valence electrons. The van der Waals surface area contributed by atoms with E-state index in [1.807, 2.05) is 0 Å². The Hall–Kier alpha value is -0.690. The van der Waals surface area contributed by atoms with Crippen molar-refractivity contribution in [1.29, 1.82) is 0 Å². The van der Waals surface area contributed by atoms with Crippen LogP contribution in [0.15, 0.2) is 18.2 Å². The molecule has 0 atom stereocenters. The van der Waals surface area contributed by atoms with Crippen LogP contribution in [0.4, 0.5) is 4.39 Å². The second kappa shape index (κ2) is 5.30. The fourth-order valence-corrected chi connectivity index (χ4v) is 2.39. The van der Waals surface area contributed by atoms with Crippen LogP contribution in [0.2, 0.25) is 0 Å². The summed E-state index contributed by atoms with van der Waals surface area (Å²) >= 11 is 2.05. The van der Waals surface area contributed by atoms with Crippen LogP contribution in [0.5, 0.6) is 0 Å². The van der Waals surface area contributed by atoms with Crippen LogP contribution in [0.25, 0.3) is 0 Å². The maximum Gasteiger partial charge on any atom is 0.256 e. The molecular weight excluding hydrogens is 336 g/mol. The van der Waals surface area contributed by atoms with E-state index in [1.165, 1.54) is 6.07 Å². The molecule has 0 radical (unpaired) electrons. The number of carbonyl (C=O) groups is 1. The standard InChI is InChI=1S/C12H13FINO2/c13-11-2-1-8(14)7-10(11)12(17)15-5-3-9(16)4-6-15/h1-2,7,9,16H,3-6H2. The highest BCUT2D eigenvalue weighted by Gasteiger charge is 2.24. The number of amides is 1. The smallest absolute Gasteiger partial charge is 0.256 e. The molecular formula is C12H13FINO2. The predicted molar refractivity (Wildman–Crippen MR) is 70.3 cm³/mol. The normalized spacial score (nSPS) is 17.2. The summed E-state index contributed by atoms with van der Waals surface area (Å²) < 4.78 is 14.4. The first-order chi connectivity index (χ1) is 8.08. The minimum Gasteiger partial charge on any atom is -0.393 e. The van der Waals surface area contributed by atoms with E-state index < -0.39 is 5.82 Å². The molecule has 1 fully saturated rings. The fourth-order valence-electron chi connectivity index (χ4n) is 1.90. The summed E-state index contributed by atoms with van der Waals surface area (Å²) in [7, 11) is 0. The van der Waals surface area contributed by atoms with E-state index in [0.29, 0.717) is 25.9 Å². The molecule has 3 nitrogen and oxygen atoms in total. The molecule has 17 heavy (non-hydrogen) atoms. The minimum absolute atomic E-state index is 0.119. The summed E-state index contributed by atoms with van der Waals surface area (Å²) in [6.45, 7) is 0.982. The first-order valence-electron chi connectivity index (χ1n) is 5.50. The van der Waals surface area contributed by atoms with Crippen molar-refractivity contribution >= 4 is 28.5 Å². The first kappa shape index (κ1) is 12.8. The number of halogens is 2. The fraction of sp³-hybridized carbons (Fsp3) is 0.417. The van der Waals surface area contributed by atoms with Gasteiger partial charge in [-0.3, -0.25) is 4.79 Å². The monoisotopic (exact) mass is 349 g/mol. The quantitative estimate of drug-likeness (QED) is 0.789. The van der Waals surface area contributed by atoms with E-state index in [2.05, 4.69) is 22.6 Å². The summed E-state index contributed by atoms with van der Waals surface area (Å²) in [5.41, 5.74) is 0.119. The number of hydrogen-bond acceptors (Lipinski definition) is 2. The summed E-state index contributed by atoms with van der Waals surface area (Å²) in [6, 6.07) is 4.50. The Balaban J connectivity index is 2.16. The number of carbonyl (C=O) groups excluding carboxylic acids is 1. The molecule has 1 aromatic rings. The van der Waals surface area contributed by atoms with Crippen molar-refractivity contribution in [3.8, 4) is 0 Å². The highest BCUT2D eigenvalue weighted by atomic mass is 127. The van der Waals surface area contributed by atoms with Gasteiger partial charge in [0.2, 0.25) is 0 Å². The van der Waals surface area contributed by atoms with Gasteiger partial charge in [-0.1, -0.05) is 0 Å². The number of aliphatic hydroxyl groups is 1. The van der Waals surface area contributed by atoms with Gasteiger partial charge in [-0.05, 0) is 53.6 Å². The average Bonchev–Trinajstić information content (AvgIpc) is 2.32. The maximum atomic E-state index is 13.6. The molecule has 0 spiro atoms. The van der Waals surface area contributed by atoms with Crippen LogP contribution in [0.1, 0.15) is 23.2 Å². The summed E-state index contributed by atoms with van der Waals surface area (Å²) in [4.78, 5) is 13.7. The molecule has 0 unspecified atom stereocenters. The van der Waals surface area contributed by atoms with Crippen LogP contribution in [0.3, 0.4) is 0 Å². The molecule has 1 N–H and O–H groups in total. The van der Waals surface area contributed by atoms with E-state index in [-0.39, 0.29) is 17.6 Å². The molecule has 1 aliphatic rings. The average molecular weight is 349 g/mol. The van der Waals surface area contributed by atoms with Crippen molar-refractivity contribution in [3.05, 3.63) is 33.1 Å². The number of benzene rings is 1. The Bertz CT molecular complexity index is 431. The number of nitrogens with zero attached hydrogens (tertiary/aromatic N) is 1. The van der Waals surface area contributed by atoms with Crippen molar-refractivity contribution in [2.45, 2.75) is 18.9 Å². The Labute approximate surface area is 113 Å². The third kappa shape index (κ3) is 2.95. The van der Waals surface area contributed by atoms with E-state index in [9.17, 15) is 14.3 Å². The molecule has 0 bridgehead atoms. The van der Waals surface area contributed by atoms with Crippen LogP contribution in [-0.4, -0.2) is 35.1 Å². The molecule has 0 aliphatic carbocycles. The highest BCUT2D eigenvalue weighted by Crippen LogP contribution is 2.18. The van der Waals surface area contributed by atoms with Gasteiger partial charge in [0.1, 0.15) is 5.82 Å². The Kier molecular flexibility index (Phi) is 3.98. The lowest BCUT2D eigenvalue weighted by Gasteiger charge is -2.29. The van der Waals surface area contributed by atoms with E-state index >= 15 is 0 Å². The molecule has 2 rings (SSSR count). The highest BCUT2D eigenvalue weighted by molar-refractivity contribution is 14.1. The lowest BCUT2D eigenvalue weighted by molar-refractivity contribution is 0.0542. The van der Waals surface area contributed by atoms with Gasteiger partial charge in [-0.2, -0.15) is 0 Å². The van der Waals surface area contributed by atoms with Crippen LogP contribution >= 0.6 is 22.6 Å². The molecule has 1 aliphatic heterocycles. The third-order valence-electron chi connectivity index (χ3n) is 2.91. The molecule has 5 heteroatoms. The maximum absolute atomic E-state index is 13.6. The Morgan fingerprint density at radius 1 is 1.41 bits per heavy atom. The molecule has 0 saturated carbocycles. The molecule has 1 saturated heterocycles. The van der Waals surface area contributed by atoms with Crippen LogP contribution in [-0.2, 0) is 0 Å². The second-order valence-corrected chi connectivity index (χ2v) is 5.39. The second-order valence-electron chi connectivity index (χ2n) is 4.15. The summed E-state index contributed by atoms with van der Waals surface area (Å²) in [6.07, 6.45) is 0.800. The van der Waals surface area contributed by atoms with Gasteiger partial charge in [0.25, 0.3) is 5.91 Å². The number of likely N-dealkylation sites (tertiary alicyclic amines) is 1. The van der Waals surface area contributed by atoms with E-state index in [0.717, 1.165) is 3.57 Å². The lowest BCUT2D eigenvalue weighted by atomic mass is 10.1. The van der Waals surface area contributed by atoms with Gasteiger partial charge >= 0.3 is 0 Å². The van der Waals surface area contributed by atoms with Crippen molar-refractivity contribution in [3.63, 3.8) is 0 Å². The van der Waals surface area contributed by atoms with Gasteiger partial charge in [-0.15, -0.1) is 0 Å². The summed E-state index contributed by atoms with van der Waals surface area (Å²) in [5, 5.41) is 9.36. The molecule has 1 heterocycles. The number of hydrogen-bond donors (Lipinski definition) is 1. The van der Waals surface area contributed by atoms with E-state index in [4.69, 9.17) is 0 Å². The van der Waals surface area contributed by atoms with Crippen molar-refractivity contribution in [2.24, 2.45) is 0 Å². The zero-order chi connectivity index (χ0) is 12.4. The largest absolute Gasteiger partial charge is 0.393 e. The number of rotatable bonds is 1. The van der Waals surface area contributed by atoms with E-state index in [1.54, 1.807) is 17.0 Å². The molecule has 1 amide bonds. The zero-order valence-electron chi connectivity index (χ0n) is 9.20. The first-order valence-corrected chi connectivity index (χ1v) is 6.58. The van der Waals surface area contributed by atoms with Gasteiger partial charge in [-0.25, -0.2) is 4.39 Å². The van der Waals surface area contributed by atoms with Gasteiger partial charge < -0.3 is 10.0 Å². The van der Waals surface area contributed by atoms with Crippen molar-refractivity contribution < 1.29 is 14.3 Å². The van der Waals surface area contributed by atoms with Gasteiger partial charge in [0, 0.05) is 16.7 Å². The lowest BCUT2D eigenvalue weighted by Crippen LogP contribution is -2.40. The van der Waals surface area contributed by atoms with Crippen LogP contribution < -0.4 is 0 Å². The molecule has 0 aromatic heterocycles. The summed E-state index contributed by atoms with van der Waals surface area (Å²) in [5.74, 6) is -0.769. The Morgan fingerprint density at radius 3 is 2.71 bits per heavy atom. The SMILES string of the molecule is O=C(c1cc(I)ccc1F)N1CCC(O)CC1. The predicted octanol–water partition coefficient (Wildman–Crippen LogP) is 2.03. The number of piperidine rings is 1. The van der Waals surface area contributed by atoms with Crippen molar-refractivity contribution in [1.82, 2.24) is 4.90 Å². The third-order valence-corrected chi connectivity index (χ3v) is 3.58. The van der Waals surface area contributed by atoms with Gasteiger partial charge in [0.05, 0.1) is 11.7 Å². The topological polar surface area (TPSA) is 40.5 Å². The molecule has 1 aromatic carbocycles. The number of aliphatic hydroxyl groups excluding tert-OH is 1. The zero-order valence-corrected chi connectivity index (χ0v) is 11.4. The van der Waals surface area contributed by atoms with Crippen LogP contribution in [0, 0.1) is 9.39 Å². The minimum atomic E-state index is -0.485. The van der Waals surface area contributed by atoms with Gasteiger partial charge in [0.15, 0.2) is 0 Å². The van der Waals surface area contributed by atoms with Crippen molar-refractivity contribution in [2.75, 3.05) is 13.1 Å².